The number of hydrogen-bond donors (Lipinski definition) is 0. The molecule has 2 aliphatic rings. The van der Waals surface area contributed by atoms with E-state index in [0.717, 1.165) is 34.1 Å². The smallest absolute Gasteiger partial charge is 0.137 e. The minimum atomic E-state index is -0.0643. The summed E-state index contributed by atoms with van der Waals surface area (Å²) < 4.78 is 9.23. The van der Waals surface area contributed by atoms with Crippen LogP contribution in [-0.2, 0) is 21.7 Å². The van der Waals surface area contributed by atoms with Crippen molar-refractivity contribution in [1.29, 1.82) is 0 Å². The Kier molecular flexibility index (Phi) is 11.9. The van der Waals surface area contributed by atoms with Gasteiger partial charge in [0.05, 0.1) is 16.7 Å². The van der Waals surface area contributed by atoms with Crippen LogP contribution in [0.25, 0.3) is 50.0 Å². The van der Waals surface area contributed by atoms with Crippen LogP contribution < -0.4 is 4.74 Å². The summed E-state index contributed by atoms with van der Waals surface area (Å²) >= 11 is 0. The van der Waals surface area contributed by atoms with E-state index in [4.69, 9.17) is 14.7 Å². The molecular formula is C66H83N3O. The van der Waals surface area contributed by atoms with Crippen LogP contribution in [0.1, 0.15) is 183 Å². The third-order valence-corrected chi connectivity index (χ3v) is 18.0. The average molecular weight is 934 g/mol. The topological polar surface area (TPSA) is 39.9 Å². The Morgan fingerprint density at radius 2 is 1.16 bits per heavy atom. The fourth-order valence-corrected chi connectivity index (χ4v) is 13.8. The molecule has 4 nitrogen and oxygen atoms in total. The maximum atomic E-state index is 6.85. The van der Waals surface area contributed by atoms with Gasteiger partial charge in [-0.2, -0.15) is 0 Å². The minimum Gasteiger partial charge on any atom is -0.457 e. The normalized spacial score (nSPS) is 19.3. The van der Waals surface area contributed by atoms with Crippen LogP contribution in [-0.4, -0.2) is 14.5 Å². The molecule has 2 aliphatic carbocycles. The zero-order chi connectivity index (χ0) is 50.8. The van der Waals surface area contributed by atoms with Crippen LogP contribution in [0.15, 0.2) is 103 Å². The van der Waals surface area contributed by atoms with Crippen LogP contribution in [0.3, 0.4) is 0 Å². The maximum Gasteiger partial charge on any atom is 0.137 e. The zero-order valence-corrected chi connectivity index (χ0v) is 46.3. The number of aryl methyl sites for hydroxylation is 2. The highest BCUT2D eigenvalue weighted by Crippen LogP contribution is 2.65. The molecule has 0 unspecified atom stereocenters. The standard InChI is InChI=1S/C66H83N3O/c1-42-32-46(66(18)63(13,14)40-62(11,12)41-64(66,15)16)22-25-49(42)51-36-55(67-38-43(51)2)44-20-19-21-47(33-44)70-48-24-26-50-52-34-45(65(17)30-28-61(9,10)29-31-65)23-27-56(52)69(57(50)35-48)58-37-53(59(3,4)5)54(39-68-58)60(6,7)8/h19-27,32-39H,28-31,40-41H2,1-18H3. The van der Waals surface area contributed by atoms with E-state index >= 15 is 0 Å². The molecule has 4 aromatic carbocycles. The third kappa shape index (κ3) is 8.72. The van der Waals surface area contributed by atoms with Crippen molar-refractivity contribution in [3.8, 4) is 39.7 Å². The van der Waals surface area contributed by atoms with Gasteiger partial charge in [-0.25, -0.2) is 4.98 Å². The van der Waals surface area contributed by atoms with Crippen LogP contribution in [0.2, 0.25) is 0 Å². The van der Waals surface area contributed by atoms with Gasteiger partial charge in [0, 0.05) is 40.2 Å². The van der Waals surface area contributed by atoms with Gasteiger partial charge in [0.15, 0.2) is 0 Å². The number of pyridine rings is 2. The Morgan fingerprint density at radius 1 is 0.514 bits per heavy atom. The molecule has 0 radical (unpaired) electrons. The summed E-state index contributed by atoms with van der Waals surface area (Å²) in [6.07, 6.45) is 11.5. The molecule has 0 spiro atoms. The molecule has 3 aromatic heterocycles. The molecule has 0 saturated heterocycles. The summed E-state index contributed by atoms with van der Waals surface area (Å²) in [5, 5.41) is 2.47. The summed E-state index contributed by atoms with van der Waals surface area (Å²) in [4.78, 5) is 10.3. The van der Waals surface area contributed by atoms with Crippen molar-refractivity contribution in [3.05, 3.63) is 137 Å². The number of fused-ring (bicyclic) bond motifs is 3. The number of benzene rings is 4. The van der Waals surface area contributed by atoms with Crippen molar-refractivity contribution in [3.63, 3.8) is 0 Å². The van der Waals surface area contributed by atoms with Gasteiger partial charge in [0.2, 0.25) is 0 Å². The second-order valence-electron chi connectivity index (χ2n) is 27.5. The first-order valence-corrected chi connectivity index (χ1v) is 26.4. The van der Waals surface area contributed by atoms with Crippen molar-refractivity contribution < 1.29 is 4.74 Å². The Bertz CT molecular complexity index is 3130. The molecule has 0 aliphatic heterocycles. The van der Waals surface area contributed by atoms with Crippen LogP contribution in [0, 0.1) is 35.5 Å². The van der Waals surface area contributed by atoms with Crippen LogP contribution in [0.4, 0.5) is 0 Å². The number of rotatable bonds is 7. The summed E-state index contributed by atoms with van der Waals surface area (Å²) in [6.45, 7) is 43.0. The van der Waals surface area contributed by atoms with E-state index in [2.05, 4.69) is 226 Å². The largest absolute Gasteiger partial charge is 0.457 e. The molecule has 2 fully saturated rings. The van der Waals surface area contributed by atoms with Crippen LogP contribution in [0.5, 0.6) is 11.5 Å². The van der Waals surface area contributed by atoms with E-state index in [1.165, 1.54) is 99.3 Å². The first kappa shape index (κ1) is 49.7. The molecule has 3 heterocycles. The fourth-order valence-electron chi connectivity index (χ4n) is 13.8. The number of ether oxygens (including phenoxy) is 1. The minimum absolute atomic E-state index is 0.0254. The van der Waals surface area contributed by atoms with Crippen molar-refractivity contribution in [2.75, 3.05) is 0 Å². The monoisotopic (exact) mass is 934 g/mol. The first-order valence-electron chi connectivity index (χ1n) is 26.4. The lowest BCUT2D eigenvalue weighted by Crippen LogP contribution is -2.57. The van der Waals surface area contributed by atoms with Gasteiger partial charge in [0.1, 0.15) is 17.3 Å². The second-order valence-corrected chi connectivity index (χ2v) is 27.5. The van der Waals surface area contributed by atoms with Gasteiger partial charge in [0.25, 0.3) is 0 Å². The lowest BCUT2D eigenvalue weighted by atomic mass is 9.41. The lowest BCUT2D eigenvalue weighted by molar-refractivity contribution is -0.0723. The van der Waals surface area contributed by atoms with E-state index < -0.39 is 0 Å². The quantitative estimate of drug-likeness (QED) is 0.160. The summed E-state index contributed by atoms with van der Waals surface area (Å²) in [7, 11) is 0. The molecule has 7 aromatic rings. The highest BCUT2D eigenvalue weighted by atomic mass is 16.5. The van der Waals surface area contributed by atoms with E-state index in [9.17, 15) is 0 Å². The molecule has 368 valence electrons. The SMILES string of the molecule is Cc1cc(C2(C)C(C)(C)CC(C)(C)CC2(C)C)ccc1-c1cc(-c2cccc(Oc3ccc4c5cc(C6(C)CCC(C)(C)CC6)ccc5n(-c5cc(C(C)(C)C)c(C(C)(C)C)cn5)c4c3)c2)ncc1C. The highest BCUT2D eigenvalue weighted by molar-refractivity contribution is 6.10. The molecule has 9 rings (SSSR count). The Balaban J connectivity index is 1.08. The van der Waals surface area contributed by atoms with Crippen molar-refractivity contribution in [2.24, 2.45) is 21.7 Å². The molecule has 4 heteroatoms. The fraction of sp³-hybridized carbons (Fsp3) is 0.485. The van der Waals surface area contributed by atoms with Gasteiger partial charge in [-0.3, -0.25) is 9.55 Å². The van der Waals surface area contributed by atoms with Crippen molar-refractivity contribution >= 4 is 21.8 Å². The van der Waals surface area contributed by atoms with Gasteiger partial charge < -0.3 is 4.74 Å². The van der Waals surface area contributed by atoms with Gasteiger partial charge in [-0.15, -0.1) is 0 Å². The zero-order valence-electron chi connectivity index (χ0n) is 46.3. The number of hydrogen-bond acceptors (Lipinski definition) is 3. The second kappa shape index (κ2) is 16.7. The molecule has 0 atom stereocenters. The Morgan fingerprint density at radius 3 is 1.80 bits per heavy atom. The molecule has 2 saturated carbocycles. The summed E-state index contributed by atoms with van der Waals surface area (Å²) in [5.74, 6) is 2.49. The summed E-state index contributed by atoms with van der Waals surface area (Å²) in [5.41, 5.74) is 15.7. The van der Waals surface area contributed by atoms with E-state index in [1.54, 1.807) is 0 Å². The molecule has 0 N–H and O–H groups in total. The van der Waals surface area contributed by atoms with E-state index in [1.807, 2.05) is 6.20 Å². The molecule has 0 bridgehead atoms. The van der Waals surface area contributed by atoms with Gasteiger partial charge in [-0.1, -0.05) is 147 Å². The molecule has 0 amide bonds. The van der Waals surface area contributed by atoms with Crippen molar-refractivity contribution in [1.82, 2.24) is 14.5 Å². The van der Waals surface area contributed by atoms with Gasteiger partial charge in [-0.05, 0) is 183 Å². The highest BCUT2D eigenvalue weighted by Gasteiger charge is 2.58. The maximum absolute atomic E-state index is 6.85. The third-order valence-electron chi connectivity index (χ3n) is 18.0. The average Bonchev–Trinajstić information content (AvgIpc) is 3.58. The molecular weight excluding hydrogens is 851 g/mol. The van der Waals surface area contributed by atoms with Gasteiger partial charge >= 0.3 is 0 Å². The predicted molar refractivity (Wildman–Crippen MR) is 298 cm³/mol. The number of nitrogens with zero attached hydrogens (tertiary/aromatic N) is 3. The first-order chi connectivity index (χ1) is 32.4. The van der Waals surface area contributed by atoms with E-state index in [-0.39, 0.29) is 32.5 Å². The van der Waals surface area contributed by atoms with Crippen LogP contribution >= 0.6 is 0 Å². The number of aromatic nitrogens is 3. The predicted octanol–water partition coefficient (Wildman–Crippen LogP) is 18.9. The van der Waals surface area contributed by atoms with E-state index in [0.29, 0.717) is 10.8 Å². The molecule has 70 heavy (non-hydrogen) atoms. The van der Waals surface area contributed by atoms with Crippen molar-refractivity contribution in [2.45, 2.75) is 185 Å². The summed E-state index contributed by atoms with van der Waals surface area (Å²) in [6, 6.07) is 34.2. The lowest BCUT2D eigenvalue weighted by Gasteiger charge is -2.63. The Hall–Kier alpha value is -5.22. The Labute approximate surface area is 422 Å².